The van der Waals surface area contributed by atoms with Gasteiger partial charge in [0.1, 0.15) is 0 Å². The number of hydrogen-bond acceptors (Lipinski definition) is 3. The first-order valence-corrected chi connectivity index (χ1v) is 7.00. The second kappa shape index (κ2) is 8.22. The Morgan fingerprint density at radius 1 is 1.31 bits per heavy atom. The molecule has 0 aromatic heterocycles. The highest BCUT2D eigenvalue weighted by atomic mass is 31.2. The van der Waals surface area contributed by atoms with Crippen molar-refractivity contribution in [2.45, 2.75) is 27.2 Å². The van der Waals surface area contributed by atoms with E-state index in [0.717, 1.165) is 18.7 Å². The normalized spacial score (nSPS) is 16.0. The molecule has 2 atom stereocenters. The van der Waals surface area contributed by atoms with Crippen LogP contribution < -0.4 is 0 Å². The predicted molar refractivity (Wildman–Crippen MR) is 53.4 cm³/mol. The zero-order valence-electron chi connectivity index (χ0n) is 8.87. The minimum absolute atomic E-state index is 0.250. The van der Waals surface area contributed by atoms with E-state index >= 15 is 0 Å². The summed E-state index contributed by atoms with van der Waals surface area (Å²) in [6.45, 7) is 8.26. The van der Waals surface area contributed by atoms with Gasteiger partial charge in [-0.15, -0.1) is 0 Å². The Labute approximate surface area is 80.3 Å². The Morgan fingerprint density at radius 2 is 1.69 bits per heavy atom. The average molecular weight is 206 g/mol. The number of carbonyl (C=O) groups excluding carboxylic acids is 2. The van der Waals surface area contributed by atoms with Crippen molar-refractivity contribution in [2.75, 3.05) is 19.0 Å². The quantitative estimate of drug-likeness (QED) is 0.664. The van der Waals surface area contributed by atoms with Gasteiger partial charge in [0, 0.05) is 6.16 Å². The van der Waals surface area contributed by atoms with Gasteiger partial charge in [0.2, 0.25) is 0 Å². The monoisotopic (exact) mass is 206 g/mol. The third-order valence-corrected chi connectivity index (χ3v) is 4.80. The number of rotatable bonds is 4. The summed E-state index contributed by atoms with van der Waals surface area (Å²) in [5.74, 6) is 0.635. The highest BCUT2D eigenvalue weighted by Gasteiger charge is 2.14. The van der Waals surface area contributed by atoms with E-state index in [1.807, 2.05) is 13.6 Å². The van der Waals surface area contributed by atoms with Crippen LogP contribution >= 0.6 is 7.14 Å². The first kappa shape index (κ1) is 15.1. The Kier molecular flexibility index (Phi) is 9.55. The van der Waals surface area contributed by atoms with Crippen LogP contribution in [0.4, 0.5) is 0 Å². The summed E-state index contributed by atoms with van der Waals surface area (Å²) in [6.07, 6.45) is 3.19. The molecule has 0 aliphatic heterocycles. The SMILES string of the molecule is CC[C@H](C)C[P@](C)(=O)CC.O=C=O. The molecule has 0 aromatic carbocycles. The molecule has 0 fully saturated rings. The van der Waals surface area contributed by atoms with Gasteiger partial charge >= 0.3 is 6.15 Å². The number of hydrogen-bond donors (Lipinski definition) is 0. The van der Waals surface area contributed by atoms with Gasteiger partial charge in [0.15, 0.2) is 0 Å². The van der Waals surface area contributed by atoms with Crippen molar-refractivity contribution in [3.05, 3.63) is 0 Å². The summed E-state index contributed by atoms with van der Waals surface area (Å²) >= 11 is 0. The van der Waals surface area contributed by atoms with E-state index in [0.29, 0.717) is 5.92 Å². The molecule has 0 N–H and O–H groups in total. The predicted octanol–water partition coefficient (Wildman–Crippen LogP) is 2.46. The van der Waals surface area contributed by atoms with Gasteiger partial charge in [0.05, 0.1) is 7.14 Å². The molecule has 0 heterocycles. The molecule has 0 aromatic rings. The van der Waals surface area contributed by atoms with Crippen LogP contribution in [0.2, 0.25) is 0 Å². The van der Waals surface area contributed by atoms with Gasteiger partial charge in [-0.3, -0.25) is 0 Å². The summed E-state index contributed by atoms with van der Waals surface area (Å²) in [5, 5.41) is 0. The zero-order chi connectivity index (χ0) is 10.9. The summed E-state index contributed by atoms with van der Waals surface area (Å²) in [5.41, 5.74) is 0. The molecule has 78 valence electrons. The first-order chi connectivity index (χ1) is 5.93. The molecule has 0 rings (SSSR count). The Balaban J connectivity index is 0. The van der Waals surface area contributed by atoms with E-state index < -0.39 is 7.14 Å². The zero-order valence-corrected chi connectivity index (χ0v) is 9.77. The molecular weight excluding hydrogens is 187 g/mol. The summed E-state index contributed by atoms with van der Waals surface area (Å²) < 4.78 is 11.6. The lowest BCUT2D eigenvalue weighted by molar-refractivity contribution is -0.191. The van der Waals surface area contributed by atoms with E-state index in [9.17, 15) is 4.57 Å². The van der Waals surface area contributed by atoms with Crippen LogP contribution in [0.25, 0.3) is 0 Å². The highest BCUT2D eigenvalue weighted by Crippen LogP contribution is 2.42. The molecule has 0 aliphatic carbocycles. The van der Waals surface area contributed by atoms with Crippen molar-refractivity contribution in [1.82, 2.24) is 0 Å². The van der Waals surface area contributed by atoms with E-state index in [1.54, 1.807) is 0 Å². The smallest absolute Gasteiger partial charge is 0.324 e. The minimum Gasteiger partial charge on any atom is -0.324 e. The maximum atomic E-state index is 11.6. The van der Waals surface area contributed by atoms with E-state index in [-0.39, 0.29) is 6.15 Å². The van der Waals surface area contributed by atoms with Crippen LogP contribution in [-0.2, 0) is 14.2 Å². The maximum absolute atomic E-state index is 11.6. The van der Waals surface area contributed by atoms with Gasteiger partial charge in [-0.2, -0.15) is 9.59 Å². The topological polar surface area (TPSA) is 51.2 Å². The molecule has 0 aliphatic rings. The molecule has 0 bridgehead atoms. The lowest BCUT2D eigenvalue weighted by Gasteiger charge is -2.14. The molecule has 0 radical (unpaired) electrons. The van der Waals surface area contributed by atoms with Crippen molar-refractivity contribution in [1.29, 1.82) is 0 Å². The third-order valence-electron chi connectivity index (χ3n) is 2.06. The average Bonchev–Trinajstić information content (AvgIpc) is 2.05. The molecule has 0 amide bonds. The van der Waals surface area contributed by atoms with Gasteiger partial charge < -0.3 is 4.57 Å². The van der Waals surface area contributed by atoms with Crippen molar-refractivity contribution in [2.24, 2.45) is 5.92 Å². The fourth-order valence-electron chi connectivity index (χ4n) is 0.917. The molecule has 0 saturated carbocycles. The van der Waals surface area contributed by atoms with E-state index in [1.165, 1.54) is 0 Å². The largest absolute Gasteiger partial charge is 0.373 e. The van der Waals surface area contributed by atoms with E-state index in [4.69, 9.17) is 9.59 Å². The maximum Gasteiger partial charge on any atom is 0.373 e. The van der Waals surface area contributed by atoms with Gasteiger partial charge in [0.25, 0.3) is 0 Å². The lowest BCUT2D eigenvalue weighted by atomic mass is 10.2. The fourth-order valence-corrected chi connectivity index (χ4v) is 2.75. The molecular formula is C9H19O3P. The van der Waals surface area contributed by atoms with Crippen molar-refractivity contribution in [3.63, 3.8) is 0 Å². The van der Waals surface area contributed by atoms with Crippen LogP contribution in [0, 0.1) is 5.92 Å². The second-order valence-corrected chi connectivity index (χ2v) is 6.98. The molecule has 0 spiro atoms. The molecule has 4 heteroatoms. The summed E-state index contributed by atoms with van der Waals surface area (Å²) in [7, 11) is -1.75. The van der Waals surface area contributed by atoms with Crippen LogP contribution in [0.1, 0.15) is 27.2 Å². The first-order valence-electron chi connectivity index (χ1n) is 4.48. The van der Waals surface area contributed by atoms with Crippen LogP contribution in [0.5, 0.6) is 0 Å². The van der Waals surface area contributed by atoms with E-state index in [2.05, 4.69) is 13.8 Å². The fraction of sp³-hybridized carbons (Fsp3) is 0.889. The van der Waals surface area contributed by atoms with Crippen molar-refractivity contribution >= 4 is 13.3 Å². The highest BCUT2D eigenvalue weighted by molar-refractivity contribution is 7.63. The molecule has 0 saturated heterocycles. The minimum atomic E-state index is -1.75. The van der Waals surface area contributed by atoms with Crippen molar-refractivity contribution < 1.29 is 14.2 Å². The standard InChI is InChI=1S/C8H19OP.CO2/c1-5-8(3)7-10(4,9)6-2;2-1-3/h8H,5-7H2,1-4H3;/t8-,10+;/m0./s1. The second-order valence-electron chi connectivity index (χ2n) is 3.39. The summed E-state index contributed by atoms with van der Waals surface area (Å²) in [6, 6.07) is 0. The van der Waals surface area contributed by atoms with Gasteiger partial charge in [-0.25, -0.2) is 0 Å². The summed E-state index contributed by atoms with van der Waals surface area (Å²) in [4.78, 5) is 16.2. The Hall–Kier alpha value is -0.390. The Bertz CT molecular complexity index is 195. The van der Waals surface area contributed by atoms with Crippen molar-refractivity contribution in [3.8, 4) is 0 Å². The molecule has 13 heavy (non-hydrogen) atoms. The Morgan fingerprint density at radius 3 is 1.92 bits per heavy atom. The van der Waals surface area contributed by atoms with Crippen LogP contribution in [-0.4, -0.2) is 25.1 Å². The third kappa shape index (κ3) is 11.6. The van der Waals surface area contributed by atoms with Crippen LogP contribution in [0.3, 0.4) is 0 Å². The van der Waals surface area contributed by atoms with Gasteiger partial charge in [-0.1, -0.05) is 27.2 Å². The van der Waals surface area contributed by atoms with Gasteiger partial charge in [-0.05, 0) is 18.7 Å². The lowest BCUT2D eigenvalue weighted by Crippen LogP contribution is -2.01. The molecule has 3 nitrogen and oxygen atoms in total. The molecule has 0 unspecified atom stereocenters. The van der Waals surface area contributed by atoms with Crippen LogP contribution in [0.15, 0.2) is 0 Å².